The van der Waals surface area contributed by atoms with E-state index in [4.69, 9.17) is 23.4 Å². The van der Waals surface area contributed by atoms with Crippen molar-refractivity contribution in [3.63, 3.8) is 0 Å². The summed E-state index contributed by atoms with van der Waals surface area (Å²) in [6.07, 6.45) is 1.56. The molecule has 1 fully saturated rings. The molecule has 1 atom stereocenters. The molecule has 0 spiro atoms. The molecule has 1 amide bonds. The van der Waals surface area contributed by atoms with Crippen molar-refractivity contribution in [2.75, 3.05) is 31.7 Å². The van der Waals surface area contributed by atoms with E-state index in [0.29, 0.717) is 55.1 Å². The topological polar surface area (TPSA) is 105 Å². The summed E-state index contributed by atoms with van der Waals surface area (Å²) in [4.78, 5) is 12.7. The van der Waals surface area contributed by atoms with E-state index < -0.39 is 5.91 Å². The van der Waals surface area contributed by atoms with Crippen molar-refractivity contribution in [3.8, 4) is 17.2 Å². The highest BCUT2D eigenvalue weighted by Gasteiger charge is 2.25. The van der Waals surface area contributed by atoms with Gasteiger partial charge in [-0.15, -0.1) is 5.10 Å². The van der Waals surface area contributed by atoms with Gasteiger partial charge in [-0.3, -0.25) is 10.1 Å². The summed E-state index contributed by atoms with van der Waals surface area (Å²) < 4.78 is 27.9. The van der Waals surface area contributed by atoms with Crippen LogP contribution in [0.2, 0.25) is 0 Å². The molecule has 1 aromatic carbocycles. The largest absolute Gasteiger partial charge is 0.490 e. The number of aromatic nitrogens is 2. The van der Waals surface area contributed by atoms with Crippen LogP contribution in [-0.4, -0.2) is 42.5 Å². The first kappa shape index (κ1) is 19.9. The number of ether oxygens (including phenoxy) is 4. The number of anilines is 1. The van der Waals surface area contributed by atoms with Gasteiger partial charge < -0.3 is 23.4 Å². The number of nitrogens with zero attached hydrogens (tertiary/aromatic N) is 2. The Bertz CT molecular complexity index is 774. The Hall–Kier alpha value is -2.81. The second kappa shape index (κ2) is 9.41. The van der Waals surface area contributed by atoms with Gasteiger partial charge in [0.05, 0.1) is 19.8 Å². The second-order valence-electron chi connectivity index (χ2n) is 6.00. The van der Waals surface area contributed by atoms with E-state index in [0.717, 1.165) is 12.8 Å². The highest BCUT2D eigenvalue weighted by Crippen LogP contribution is 2.39. The maximum Gasteiger partial charge on any atom is 0.322 e. The predicted molar refractivity (Wildman–Crippen MR) is 100 cm³/mol. The molecule has 1 aliphatic rings. The number of hydrogen-bond acceptors (Lipinski definition) is 8. The lowest BCUT2D eigenvalue weighted by atomic mass is 10.1. The van der Waals surface area contributed by atoms with Gasteiger partial charge in [-0.1, -0.05) is 5.10 Å². The van der Waals surface area contributed by atoms with E-state index in [2.05, 4.69) is 15.5 Å². The predicted octanol–water partition coefficient (Wildman–Crippen LogP) is 3.37. The minimum atomic E-state index is -0.424. The van der Waals surface area contributed by atoms with Crippen LogP contribution in [0.25, 0.3) is 0 Å². The van der Waals surface area contributed by atoms with Gasteiger partial charge >= 0.3 is 6.01 Å². The smallest absolute Gasteiger partial charge is 0.322 e. The Morgan fingerprint density at radius 1 is 1.11 bits per heavy atom. The molecule has 1 aromatic heterocycles. The van der Waals surface area contributed by atoms with E-state index in [1.165, 1.54) is 0 Å². The zero-order chi connectivity index (χ0) is 19.9. The average Bonchev–Trinajstić information content (AvgIpc) is 3.36. The molecule has 1 aliphatic heterocycles. The first-order chi connectivity index (χ1) is 13.7. The SMILES string of the molecule is CCOc1cc(C(=O)Nc2nnc([C@@H]3CCCO3)o2)cc(OCC)c1OCC. The molecule has 0 radical (unpaired) electrons. The molecular weight excluding hydrogens is 366 g/mol. The lowest BCUT2D eigenvalue weighted by molar-refractivity contribution is 0.0893. The van der Waals surface area contributed by atoms with Crippen LogP contribution in [0.15, 0.2) is 16.5 Å². The number of benzene rings is 1. The Labute approximate surface area is 163 Å². The van der Waals surface area contributed by atoms with Crippen LogP contribution < -0.4 is 19.5 Å². The van der Waals surface area contributed by atoms with Crippen molar-refractivity contribution in [2.24, 2.45) is 0 Å². The lowest BCUT2D eigenvalue weighted by Gasteiger charge is -2.16. The van der Waals surface area contributed by atoms with Gasteiger partial charge in [-0.2, -0.15) is 0 Å². The van der Waals surface area contributed by atoms with Crippen LogP contribution in [0.5, 0.6) is 17.2 Å². The van der Waals surface area contributed by atoms with Gasteiger partial charge in [0.1, 0.15) is 6.10 Å². The summed E-state index contributed by atoms with van der Waals surface area (Å²) >= 11 is 0. The Morgan fingerprint density at radius 2 is 1.79 bits per heavy atom. The van der Waals surface area contributed by atoms with Gasteiger partial charge in [-0.25, -0.2) is 0 Å². The summed E-state index contributed by atoms with van der Waals surface area (Å²) in [5.41, 5.74) is 0.326. The van der Waals surface area contributed by atoms with Crippen molar-refractivity contribution in [2.45, 2.75) is 39.7 Å². The number of hydrogen-bond donors (Lipinski definition) is 1. The third kappa shape index (κ3) is 4.53. The molecule has 2 aromatic rings. The summed E-state index contributed by atoms with van der Waals surface area (Å²) in [6.45, 7) is 7.53. The fraction of sp³-hybridized carbons (Fsp3) is 0.526. The molecular formula is C19H25N3O6. The highest BCUT2D eigenvalue weighted by molar-refractivity contribution is 6.04. The monoisotopic (exact) mass is 391 g/mol. The van der Waals surface area contributed by atoms with Crippen molar-refractivity contribution in [1.82, 2.24) is 10.2 Å². The normalized spacial score (nSPS) is 16.0. The summed E-state index contributed by atoms with van der Waals surface area (Å²) in [5, 5.41) is 10.4. The number of nitrogens with one attached hydrogen (secondary N) is 1. The standard InChI is InChI=1S/C19H25N3O6/c1-4-24-14-10-12(11-15(25-5-2)16(14)26-6-3)17(23)20-19-22-21-18(28-19)13-8-7-9-27-13/h10-11,13H,4-9H2,1-3H3,(H,20,22,23)/t13-/m0/s1. The van der Waals surface area contributed by atoms with Crippen LogP contribution in [-0.2, 0) is 4.74 Å². The van der Waals surface area contributed by atoms with Gasteiger partial charge in [0, 0.05) is 12.2 Å². The molecule has 1 N–H and O–H groups in total. The van der Waals surface area contributed by atoms with Gasteiger partial charge in [0.25, 0.3) is 5.91 Å². The molecule has 0 aliphatic carbocycles. The van der Waals surface area contributed by atoms with E-state index in [-0.39, 0.29) is 12.1 Å². The van der Waals surface area contributed by atoms with Crippen LogP contribution in [0, 0.1) is 0 Å². The summed E-state index contributed by atoms with van der Waals surface area (Å²) in [6, 6.07) is 3.22. The zero-order valence-corrected chi connectivity index (χ0v) is 16.3. The van der Waals surface area contributed by atoms with Crippen LogP contribution >= 0.6 is 0 Å². The lowest BCUT2D eigenvalue weighted by Crippen LogP contribution is -2.13. The molecule has 152 valence electrons. The molecule has 1 saturated heterocycles. The Morgan fingerprint density at radius 3 is 2.36 bits per heavy atom. The minimum absolute atomic E-state index is 0.0142. The van der Waals surface area contributed by atoms with E-state index in [1.807, 2.05) is 20.8 Å². The molecule has 28 heavy (non-hydrogen) atoms. The summed E-state index contributed by atoms with van der Waals surface area (Å²) in [7, 11) is 0. The van der Waals surface area contributed by atoms with Crippen molar-refractivity contribution in [3.05, 3.63) is 23.6 Å². The maximum atomic E-state index is 12.7. The molecule has 9 nitrogen and oxygen atoms in total. The minimum Gasteiger partial charge on any atom is -0.490 e. The highest BCUT2D eigenvalue weighted by atomic mass is 16.5. The molecule has 0 unspecified atom stereocenters. The van der Waals surface area contributed by atoms with Crippen LogP contribution in [0.4, 0.5) is 6.01 Å². The number of rotatable bonds is 9. The van der Waals surface area contributed by atoms with E-state index in [9.17, 15) is 4.79 Å². The fourth-order valence-corrected chi connectivity index (χ4v) is 2.88. The van der Waals surface area contributed by atoms with E-state index >= 15 is 0 Å². The van der Waals surface area contributed by atoms with Crippen LogP contribution in [0.1, 0.15) is 56.0 Å². The van der Waals surface area contributed by atoms with Gasteiger partial charge in [0.2, 0.25) is 11.6 Å². The quantitative estimate of drug-likeness (QED) is 0.694. The first-order valence-corrected chi connectivity index (χ1v) is 9.49. The van der Waals surface area contributed by atoms with Gasteiger partial charge in [0.15, 0.2) is 11.5 Å². The number of amides is 1. The fourth-order valence-electron chi connectivity index (χ4n) is 2.88. The average molecular weight is 391 g/mol. The van der Waals surface area contributed by atoms with Gasteiger partial charge in [-0.05, 0) is 45.7 Å². The molecule has 9 heteroatoms. The molecule has 0 saturated carbocycles. The second-order valence-corrected chi connectivity index (χ2v) is 6.00. The number of carbonyl (C=O) groups is 1. The van der Waals surface area contributed by atoms with Crippen LogP contribution in [0.3, 0.4) is 0 Å². The first-order valence-electron chi connectivity index (χ1n) is 9.49. The van der Waals surface area contributed by atoms with Crippen molar-refractivity contribution < 1.29 is 28.2 Å². The number of carbonyl (C=O) groups excluding carboxylic acids is 1. The molecule has 3 rings (SSSR count). The van der Waals surface area contributed by atoms with Crippen molar-refractivity contribution >= 4 is 11.9 Å². The maximum absolute atomic E-state index is 12.7. The Balaban J connectivity index is 1.81. The third-order valence-corrected chi connectivity index (χ3v) is 4.04. The summed E-state index contributed by atoms with van der Waals surface area (Å²) in [5.74, 6) is 1.29. The molecule has 0 bridgehead atoms. The zero-order valence-electron chi connectivity index (χ0n) is 16.3. The third-order valence-electron chi connectivity index (χ3n) is 4.04. The molecule has 2 heterocycles. The van der Waals surface area contributed by atoms with E-state index in [1.54, 1.807) is 12.1 Å². The van der Waals surface area contributed by atoms with Crippen molar-refractivity contribution in [1.29, 1.82) is 0 Å². The Kier molecular flexibility index (Phi) is 6.70.